The second-order valence-electron chi connectivity index (χ2n) is 29.5. The number of carboxylic acid groups (broad SMARTS) is 1. The van der Waals surface area contributed by atoms with Gasteiger partial charge in [0, 0.05) is 28.7 Å². The number of carbonyl (C=O) groups is 3. The zero-order chi connectivity index (χ0) is 66.2. The number of aliphatic hydroxyl groups is 13. The van der Waals surface area contributed by atoms with Gasteiger partial charge < -0.3 is 124 Å². The number of ether oxygens (including phenoxy) is 11. The molecule has 514 valence electrons. The number of carbonyl (C=O) groups excluding carboxylic acids is 2. The first-order chi connectivity index (χ1) is 42.0. The molecule has 0 amide bonds. The smallest absolute Gasteiger partial charge is 0.335 e. The summed E-state index contributed by atoms with van der Waals surface area (Å²) in [5, 5.41) is 157. The zero-order valence-electron chi connectivity index (χ0n) is 53.0. The van der Waals surface area contributed by atoms with Crippen LogP contribution in [0.1, 0.15) is 134 Å². The van der Waals surface area contributed by atoms with Gasteiger partial charge in [0.05, 0.1) is 42.5 Å². The Morgan fingerprint density at radius 2 is 1.14 bits per heavy atom. The van der Waals surface area contributed by atoms with Gasteiger partial charge in [0.1, 0.15) is 91.6 Å². The zero-order valence-corrected chi connectivity index (χ0v) is 53.0. The highest BCUT2D eigenvalue weighted by Crippen LogP contribution is 2.82. The van der Waals surface area contributed by atoms with Gasteiger partial charge in [0.15, 0.2) is 43.7 Å². The Morgan fingerprint density at radius 3 is 1.76 bits per heavy atom. The van der Waals surface area contributed by atoms with Crippen molar-refractivity contribution in [2.75, 3.05) is 13.2 Å². The van der Waals surface area contributed by atoms with Crippen molar-refractivity contribution in [1.82, 2.24) is 0 Å². The predicted molar refractivity (Wildman–Crippen MR) is 303 cm³/mol. The summed E-state index contributed by atoms with van der Waals surface area (Å²) in [7, 11) is 0. The lowest BCUT2D eigenvalue weighted by Crippen LogP contribution is -2.77. The van der Waals surface area contributed by atoms with Gasteiger partial charge >= 0.3 is 17.9 Å². The molecular formula is C62H98O28. The van der Waals surface area contributed by atoms with E-state index in [-0.39, 0.29) is 31.1 Å². The molecule has 33 atom stereocenters. The molecule has 5 saturated heterocycles. The molecule has 10 fully saturated rings. The van der Waals surface area contributed by atoms with Gasteiger partial charge in [-0.05, 0) is 100 Å². The molecular weight excluding hydrogens is 1190 g/mol. The molecule has 90 heavy (non-hydrogen) atoms. The molecule has 28 nitrogen and oxygen atoms in total. The van der Waals surface area contributed by atoms with Crippen molar-refractivity contribution in [1.29, 1.82) is 0 Å². The van der Waals surface area contributed by atoms with Crippen molar-refractivity contribution >= 4 is 17.9 Å². The predicted octanol–water partition coefficient (Wildman–Crippen LogP) is -1.49. The highest BCUT2D eigenvalue weighted by Gasteiger charge is 2.86. The first-order valence-electron chi connectivity index (χ1n) is 31.9. The van der Waals surface area contributed by atoms with Crippen LogP contribution in [0.15, 0.2) is 11.6 Å². The highest BCUT2D eigenvalue weighted by molar-refractivity contribution is 5.87. The molecule has 0 aromatic carbocycles. The molecule has 0 aromatic rings. The van der Waals surface area contributed by atoms with E-state index in [1.165, 1.54) is 6.92 Å². The summed E-state index contributed by atoms with van der Waals surface area (Å²) in [6, 6.07) is 0. The summed E-state index contributed by atoms with van der Waals surface area (Å²) >= 11 is 0. The molecule has 5 heterocycles. The van der Waals surface area contributed by atoms with Crippen molar-refractivity contribution < 1.29 is 138 Å². The minimum Gasteiger partial charge on any atom is -0.479 e. The topological polar surface area (TPSA) is 436 Å². The molecule has 5 aliphatic heterocycles. The second kappa shape index (κ2) is 25.0. The van der Waals surface area contributed by atoms with Crippen LogP contribution in [-0.4, -0.2) is 262 Å². The lowest BCUT2D eigenvalue weighted by molar-refractivity contribution is -0.406. The standard InChI is InChI=1S/C62H98O28/c1-12-24(3)50(78)89-47-48(84-33(66)13-2)62-30(20-56(47,5)6)61(90-55(62)79)19-15-29-58(9)17-16-32(57(7,8)28(58)14-18-59(29,10)60(61,11)21-31(62)65)83-54-46(88-52-41(74)38(71)35(68)26(22-63)81-52)43(42(75)44(86-54)49(76)77)85-53-45(39(72)36(69)27(23-64)82-53)87-51-40(73)37(70)34(67)25(4)80-51/h12,25-32,34-48,51-55,63-65,67-75,79H,13-23H2,1-11H3,(H,76,77)/b24-12+/t25-,26+,27+,28?,29?,30?,31+,32-,34-,35-,36-,37+,38-,39-,40+,41+,42-,43-,44-,45+,46+,47-,48-,51-,52-,53-,54+,55?,58-,59+,60-,61-,62+/m0/s1. The molecule has 2 bridgehead atoms. The first-order valence-corrected chi connectivity index (χ1v) is 31.9. The van der Waals surface area contributed by atoms with E-state index in [9.17, 15) is 85.9 Å². The van der Waals surface area contributed by atoms with Crippen LogP contribution in [0.4, 0.5) is 0 Å². The van der Waals surface area contributed by atoms with E-state index in [1.54, 1.807) is 26.8 Å². The van der Waals surface area contributed by atoms with Crippen molar-refractivity contribution in [3.8, 4) is 0 Å². The summed E-state index contributed by atoms with van der Waals surface area (Å²) in [5.41, 5.74) is -5.89. The third-order valence-electron chi connectivity index (χ3n) is 24.3. The molecule has 10 rings (SSSR count). The maximum atomic E-state index is 13.6. The summed E-state index contributed by atoms with van der Waals surface area (Å²) in [6.07, 6.45) is -39.2. The van der Waals surface area contributed by atoms with Crippen LogP contribution in [0, 0.1) is 50.2 Å². The quantitative estimate of drug-likeness (QED) is 0.0504. The Hall–Kier alpha value is -2.73. The summed E-state index contributed by atoms with van der Waals surface area (Å²) in [4.78, 5) is 40.4. The number of hydrogen-bond donors (Lipinski definition) is 14. The van der Waals surface area contributed by atoms with Crippen LogP contribution < -0.4 is 0 Å². The molecule has 1 spiro atoms. The Balaban J connectivity index is 0.973. The van der Waals surface area contributed by atoms with Crippen LogP contribution in [-0.2, 0) is 66.5 Å². The van der Waals surface area contributed by atoms with Gasteiger partial charge in [-0.1, -0.05) is 61.5 Å². The fraction of sp³-hybridized carbons (Fsp3) is 0.919. The maximum absolute atomic E-state index is 13.6. The SMILES string of the molecule is C/C=C(\C)C(=O)O[C@H]1[C@H](OC(=O)CC)[C@]23C(O)O[C@@]4(CCC5[C@@]6(C)CC[C@H](O[C@@H]7O[C@H](C(=O)O)[C@@H](O)[C@H](O[C@@H]8O[C@H](CO)[C@H](O)[C@H](O)[C@H]8O[C@@H]8O[C@@H](C)[C@H](O)[C@@H](O)[C@H]8O)[C@H]7O[C@@H]7O[C@H](CO)[C@H](O)[C@H](O)[C@H]7O)C(C)(C)C6CC[C@@]5(C)[C@]4(C)C[C@H]2O)C3CC1(C)C. The molecule has 14 N–H and O–H groups in total. The van der Waals surface area contributed by atoms with Gasteiger partial charge in [-0.3, -0.25) is 4.79 Å². The summed E-state index contributed by atoms with van der Waals surface area (Å²) in [5.74, 6) is -3.73. The number of allylic oxidation sites excluding steroid dienone is 1. The number of carboxylic acids is 1. The molecule has 10 aliphatic rings. The van der Waals surface area contributed by atoms with E-state index in [0.717, 1.165) is 0 Å². The largest absolute Gasteiger partial charge is 0.479 e. The number of fused-ring (bicyclic) bond motifs is 4. The summed E-state index contributed by atoms with van der Waals surface area (Å²) < 4.78 is 68.9. The Morgan fingerprint density at radius 1 is 0.578 bits per heavy atom. The molecule has 5 aliphatic carbocycles. The van der Waals surface area contributed by atoms with E-state index < -0.39 is 229 Å². The molecule has 28 heteroatoms. The normalized spacial score (nSPS) is 53.0. The van der Waals surface area contributed by atoms with Crippen LogP contribution in [0.25, 0.3) is 0 Å². The Bertz CT molecular complexity index is 2640. The molecule has 0 aromatic heterocycles. The van der Waals surface area contributed by atoms with Crippen LogP contribution in [0.3, 0.4) is 0 Å². The van der Waals surface area contributed by atoms with E-state index >= 15 is 0 Å². The van der Waals surface area contributed by atoms with Gasteiger partial charge in [-0.2, -0.15) is 0 Å². The highest BCUT2D eigenvalue weighted by atomic mass is 16.8. The lowest BCUT2D eigenvalue weighted by Gasteiger charge is -2.75. The van der Waals surface area contributed by atoms with E-state index in [0.29, 0.717) is 44.1 Å². The minimum absolute atomic E-state index is 0.0172. The number of aliphatic carboxylic acids is 1. The number of rotatable bonds is 15. The number of hydrogen-bond acceptors (Lipinski definition) is 27. The van der Waals surface area contributed by atoms with E-state index in [4.69, 9.17) is 52.1 Å². The maximum Gasteiger partial charge on any atom is 0.335 e. The first kappa shape index (κ1) is 70.1. The third kappa shape index (κ3) is 10.7. The van der Waals surface area contributed by atoms with E-state index in [2.05, 4.69) is 20.8 Å². The minimum atomic E-state index is -2.29. The average Bonchev–Trinajstić information content (AvgIpc) is 1.38. The van der Waals surface area contributed by atoms with E-state index in [1.807, 2.05) is 27.7 Å². The van der Waals surface area contributed by atoms with Crippen molar-refractivity contribution in [3.63, 3.8) is 0 Å². The number of esters is 2. The Kier molecular flexibility index (Phi) is 19.5. The van der Waals surface area contributed by atoms with Gasteiger partial charge in [0.2, 0.25) is 0 Å². The van der Waals surface area contributed by atoms with Gasteiger partial charge in [-0.15, -0.1) is 0 Å². The van der Waals surface area contributed by atoms with Crippen LogP contribution in [0.2, 0.25) is 0 Å². The molecule has 0 radical (unpaired) electrons. The van der Waals surface area contributed by atoms with Crippen molar-refractivity contribution in [2.45, 2.75) is 293 Å². The third-order valence-corrected chi connectivity index (χ3v) is 24.3. The molecule has 5 saturated carbocycles. The van der Waals surface area contributed by atoms with Crippen molar-refractivity contribution in [2.24, 2.45) is 50.2 Å². The second-order valence-corrected chi connectivity index (χ2v) is 29.5. The monoisotopic (exact) mass is 1290 g/mol. The molecule has 4 unspecified atom stereocenters. The number of aliphatic hydroxyl groups excluding tert-OH is 13. The fourth-order valence-electron chi connectivity index (χ4n) is 19.1. The summed E-state index contributed by atoms with van der Waals surface area (Å²) in [6.45, 7) is 19.0. The Labute approximate surface area is 522 Å². The van der Waals surface area contributed by atoms with Gasteiger partial charge in [-0.25, -0.2) is 9.59 Å². The fourth-order valence-corrected chi connectivity index (χ4v) is 19.1. The van der Waals surface area contributed by atoms with Crippen LogP contribution >= 0.6 is 0 Å². The van der Waals surface area contributed by atoms with Crippen LogP contribution in [0.5, 0.6) is 0 Å². The lowest BCUT2D eigenvalue weighted by atomic mass is 9.30. The van der Waals surface area contributed by atoms with Crippen molar-refractivity contribution in [3.05, 3.63) is 11.6 Å². The van der Waals surface area contributed by atoms with Gasteiger partial charge in [0.25, 0.3) is 0 Å². The average molecular weight is 1290 g/mol.